The molecule has 0 saturated heterocycles. The fraction of sp³-hybridized carbons (Fsp3) is 0.789. The lowest BCUT2D eigenvalue weighted by molar-refractivity contribution is 0.239. The highest BCUT2D eigenvalue weighted by molar-refractivity contribution is 5.75. The van der Waals surface area contributed by atoms with Gasteiger partial charge in [-0.1, -0.05) is 84.0 Å². The molecule has 0 bridgehead atoms. The van der Waals surface area contributed by atoms with Crippen LogP contribution >= 0.6 is 0 Å². The highest BCUT2D eigenvalue weighted by atomic mass is 16.2. The molecule has 0 atom stereocenters. The third kappa shape index (κ3) is 10.9. The summed E-state index contributed by atoms with van der Waals surface area (Å²) in [5.74, 6) is 0. The molecule has 0 unspecified atom stereocenters. The molecule has 1 amide bonds. The predicted octanol–water partition coefficient (Wildman–Crippen LogP) is 5.53. The number of nitrogens with zero attached hydrogens (tertiary/aromatic N) is 2. The molecule has 132 valence electrons. The molecular weight excluding hydrogens is 286 g/mol. The smallest absolute Gasteiger partial charge is 0.336 e. The van der Waals surface area contributed by atoms with Gasteiger partial charge in [0.25, 0.3) is 0 Å². The van der Waals surface area contributed by atoms with Gasteiger partial charge in [0.05, 0.1) is 0 Å². The molecule has 0 aliphatic carbocycles. The van der Waals surface area contributed by atoms with Crippen LogP contribution in [-0.2, 0) is 0 Å². The zero-order chi connectivity index (χ0) is 16.6. The van der Waals surface area contributed by atoms with E-state index in [1.54, 1.807) is 18.5 Å². The normalized spacial score (nSPS) is 10.8. The quantitative estimate of drug-likeness (QED) is 0.458. The topological polar surface area (TPSA) is 46.9 Å². The van der Waals surface area contributed by atoms with Gasteiger partial charge in [0, 0.05) is 18.9 Å². The van der Waals surface area contributed by atoms with Crippen LogP contribution in [0.5, 0.6) is 0 Å². The first kappa shape index (κ1) is 19.7. The molecule has 1 N–H and O–H groups in total. The Kier molecular flexibility index (Phi) is 12.3. The van der Waals surface area contributed by atoms with Crippen LogP contribution in [0.25, 0.3) is 0 Å². The van der Waals surface area contributed by atoms with Crippen molar-refractivity contribution in [3.05, 3.63) is 18.5 Å². The Morgan fingerprint density at radius 2 is 1.39 bits per heavy atom. The molecule has 0 saturated carbocycles. The summed E-state index contributed by atoms with van der Waals surface area (Å²) >= 11 is 0. The molecule has 4 nitrogen and oxygen atoms in total. The summed E-state index contributed by atoms with van der Waals surface area (Å²) in [7, 11) is 0. The summed E-state index contributed by atoms with van der Waals surface area (Å²) in [5.41, 5.74) is 0. The zero-order valence-corrected chi connectivity index (χ0v) is 14.9. The van der Waals surface area contributed by atoms with E-state index in [-0.39, 0.29) is 6.03 Å². The average molecular weight is 322 g/mol. The molecule has 23 heavy (non-hydrogen) atoms. The number of carbonyl (C=O) groups excluding carboxylic acids is 1. The van der Waals surface area contributed by atoms with Crippen molar-refractivity contribution in [3.8, 4) is 0 Å². The van der Waals surface area contributed by atoms with Crippen LogP contribution in [0.2, 0.25) is 0 Å². The number of aromatic nitrogens is 2. The number of carbonyl (C=O) groups is 1. The predicted molar refractivity (Wildman–Crippen MR) is 96.7 cm³/mol. The van der Waals surface area contributed by atoms with Crippen molar-refractivity contribution < 1.29 is 4.79 Å². The number of nitrogens with one attached hydrogen (secondary N) is 1. The second-order valence-corrected chi connectivity index (χ2v) is 6.43. The van der Waals surface area contributed by atoms with Crippen LogP contribution in [0.4, 0.5) is 4.79 Å². The van der Waals surface area contributed by atoms with E-state index in [0.717, 1.165) is 13.0 Å². The lowest BCUT2D eigenvalue weighted by Gasteiger charge is -2.05. The van der Waals surface area contributed by atoms with Crippen molar-refractivity contribution in [2.24, 2.45) is 0 Å². The molecular formula is C19H35N3O. The molecule has 0 aliphatic rings. The lowest BCUT2D eigenvalue weighted by Crippen LogP contribution is -2.29. The number of hydrogen-bond acceptors (Lipinski definition) is 2. The largest absolute Gasteiger partial charge is 0.342 e. The third-order valence-electron chi connectivity index (χ3n) is 4.27. The Balaban J connectivity index is 1.76. The Bertz CT molecular complexity index is 376. The molecule has 0 fully saturated rings. The van der Waals surface area contributed by atoms with Crippen LogP contribution in [0, 0.1) is 0 Å². The maximum atomic E-state index is 11.6. The number of unbranched alkanes of at least 4 members (excludes halogenated alkanes) is 12. The number of rotatable bonds is 14. The standard InChI is InChI=1S/C19H35N3O/c1-2-3-4-5-6-7-8-9-10-11-12-13-14-16-20-19(23)22-18-15-17-21-22/h15,17-18H,2-14,16H2,1H3,(H,20,23). The van der Waals surface area contributed by atoms with E-state index in [2.05, 4.69) is 17.3 Å². The highest BCUT2D eigenvalue weighted by Crippen LogP contribution is 2.12. The molecule has 0 aliphatic heterocycles. The second kappa shape index (κ2) is 14.3. The zero-order valence-electron chi connectivity index (χ0n) is 14.9. The van der Waals surface area contributed by atoms with Crippen molar-refractivity contribution in [2.45, 2.75) is 90.4 Å². The molecule has 0 aromatic carbocycles. The van der Waals surface area contributed by atoms with E-state index >= 15 is 0 Å². The van der Waals surface area contributed by atoms with Gasteiger partial charge in [0.2, 0.25) is 0 Å². The summed E-state index contributed by atoms with van der Waals surface area (Å²) in [6.45, 7) is 3.02. The van der Waals surface area contributed by atoms with E-state index in [0.29, 0.717) is 0 Å². The van der Waals surface area contributed by atoms with E-state index < -0.39 is 0 Å². The van der Waals surface area contributed by atoms with Crippen molar-refractivity contribution >= 4 is 6.03 Å². The molecule has 1 aromatic heterocycles. The fourth-order valence-electron chi connectivity index (χ4n) is 2.81. The third-order valence-corrected chi connectivity index (χ3v) is 4.27. The Morgan fingerprint density at radius 1 is 0.870 bits per heavy atom. The number of amides is 1. The molecule has 1 heterocycles. The van der Waals surface area contributed by atoms with Crippen LogP contribution in [0.3, 0.4) is 0 Å². The molecule has 0 radical (unpaired) electrons. The van der Waals surface area contributed by atoms with Gasteiger partial charge in [0.1, 0.15) is 0 Å². The minimum Gasteiger partial charge on any atom is -0.336 e. The van der Waals surface area contributed by atoms with Crippen LogP contribution in [0.15, 0.2) is 18.5 Å². The average Bonchev–Trinajstić information content (AvgIpc) is 3.09. The summed E-state index contributed by atoms with van der Waals surface area (Å²) in [6.07, 6.45) is 20.8. The van der Waals surface area contributed by atoms with E-state index in [1.807, 2.05) is 0 Å². The minimum absolute atomic E-state index is 0.131. The van der Waals surface area contributed by atoms with Crippen LogP contribution in [-0.4, -0.2) is 22.4 Å². The van der Waals surface area contributed by atoms with E-state index in [4.69, 9.17) is 0 Å². The van der Waals surface area contributed by atoms with Gasteiger partial charge in [-0.15, -0.1) is 0 Å². The van der Waals surface area contributed by atoms with Crippen molar-refractivity contribution in [1.29, 1.82) is 0 Å². The van der Waals surface area contributed by atoms with E-state index in [1.165, 1.54) is 81.7 Å². The summed E-state index contributed by atoms with van der Waals surface area (Å²) in [4.78, 5) is 11.6. The molecule has 1 aromatic rings. The van der Waals surface area contributed by atoms with E-state index in [9.17, 15) is 4.79 Å². The molecule has 1 rings (SSSR count). The summed E-state index contributed by atoms with van der Waals surface area (Å²) in [6, 6.07) is 1.62. The van der Waals surface area contributed by atoms with Gasteiger partial charge in [-0.2, -0.15) is 9.78 Å². The van der Waals surface area contributed by atoms with Crippen molar-refractivity contribution in [1.82, 2.24) is 15.1 Å². The SMILES string of the molecule is CCCCCCCCCCCCCCCNC(=O)n1cccn1. The maximum absolute atomic E-state index is 11.6. The van der Waals surface area contributed by atoms with Crippen LogP contribution in [0.1, 0.15) is 90.4 Å². The minimum atomic E-state index is -0.131. The van der Waals surface area contributed by atoms with Gasteiger partial charge in [0.15, 0.2) is 0 Å². The van der Waals surface area contributed by atoms with Crippen molar-refractivity contribution in [2.75, 3.05) is 6.54 Å². The first-order valence-electron chi connectivity index (χ1n) is 9.62. The summed E-state index contributed by atoms with van der Waals surface area (Å²) < 4.78 is 1.34. The highest BCUT2D eigenvalue weighted by Gasteiger charge is 2.01. The van der Waals surface area contributed by atoms with Crippen LogP contribution < -0.4 is 5.32 Å². The Hall–Kier alpha value is -1.32. The lowest BCUT2D eigenvalue weighted by atomic mass is 10.0. The first-order valence-corrected chi connectivity index (χ1v) is 9.62. The summed E-state index contributed by atoms with van der Waals surface area (Å²) in [5, 5.41) is 6.79. The fourth-order valence-corrected chi connectivity index (χ4v) is 2.81. The number of hydrogen-bond donors (Lipinski definition) is 1. The Labute approximate surface area is 142 Å². The first-order chi connectivity index (χ1) is 11.3. The van der Waals surface area contributed by atoms with Gasteiger partial charge in [-0.3, -0.25) is 0 Å². The maximum Gasteiger partial charge on any atom is 0.342 e. The van der Waals surface area contributed by atoms with Gasteiger partial charge < -0.3 is 5.32 Å². The molecule has 0 spiro atoms. The monoisotopic (exact) mass is 321 g/mol. The molecule has 4 heteroatoms. The van der Waals surface area contributed by atoms with Gasteiger partial charge in [-0.05, 0) is 12.5 Å². The van der Waals surface area contributed by atoms with Crippen molar-refractivity contribution in [3.63, 3.8) is 0 Å². The Morgan fingerprint density at radius 3 is 1.87 bits per heavy atom. The second-order valence-electron chi connectivity index (χ2n) is 6.43. The van der Waals surface area contributed by atoms with Gasteiger partial charge in [-0.25, -0.2) is 4.79 Å². The van der Waals surface area contributed by atoms with Gasteiger partial charge >= 0.3 is 6.03 Å².